The molecule has 0 aromatic heterocycles. The number of benzene rings is 2. The number of morpholine rings is 2. The molecule has 10 nitrogen and oxygen atoms in total. The van der Waals surface area contributed by atoms with Gasteiger partial charge >= 0.3 is 0 Å². The number of nitrogens with zero attached hydrogens (tertiary/aromatic N) is 2. The van der Waals surface area contributed by atoms with E-state index in [2.05, 4.69) is 17.2 Å². The molecule has 182 valence electrons. The van der Waals surface area contributed by atoms with Gasteiger partial charge in [0, 0.05) is 48.0 Å². The van der Waals surface area contributed by atoms with E-state index in [9.17, 15) is 19.5 Å². The fourth-order valence-corrected chi connectivity index (χ4v) is 4.47. The SMILES string of the molecule is C=C1NCc2cc(NC(=O)[C@H](O)[C@H]3OCCN(c4cccc(N5CCOCC5=O)c4)C3=O)ccc21. The molecule has 3 aliphatic rings. The first-order valence-corrected chi connectivity index (χ1v) is 11.4. The first kappa shape index (κ1) is 23.0. The Balaban J connectivity index is 1.29. The molecule has 3 amide bonds. The Hall–Kier alpha value is -3.73. The van der Waals surface area contributed by atoms with Crippen molar-refractivity contribution in [2.75, 3.05) is 48.0 Å². The molecule has 35 heavy (non-hydrogen) atoms. The van der Waals surface area contributed by atoms with Crippen LogP contribution in [-0.2, 0) is 30.4 Å². The second-order valence-electron chi connectivity index (χ2n) is 8.54. The van der Waals surface area contributed by atoms with E-state index >= 15 is 0 Å². The first-order chi connectivity index (χ1) is 16.9. The second-order valence-corrected chi connectivity index (χ2v) is 8.54. The number of anilines is 3. The summed E-state index contributed by atoms with van der Waals surface area (Å²) in [5.41, 5.74) is 4.49. The number of aliphatic hydroxyl groups excluding tert-OH is 1. The van der Waals surface area contributed by atoms with Crippen LogP contribution in [0.25, 0.3) is 5.70 Å². The van der Waals surface area contributed by atoms with Crippen LogP contribution in [0, 0.1) is 0 Å². The van der Waals surface area contributed by atoms with Crippen molar-refractivity contribution in [3.8, 4) is 0 Å². The van der Waals surface area contributed by atoms with Gasteiger partial charge in [0.15, 0.2) is 12.2 Å². The highest BCUT2D eigenvalue weighted by Crippen LogP contribution is 2.28. The van der Waals surface area contributed by atoms with E-state index < -0.39 is 24.0 Å². The molecule has 2 fully saturated rings. The van der Waals surface area contributed by atoms with Gasteiger partial charge in [0.05, 0.1) is 13.2 Å². The molecule has 0 unspecified atom stereocenters. The quantitative estimate of drug-likeness (QED) is 0.583. The van der Waals surface area contributed by atoms with Crippen molar-refractivity contribution >= 4 is 40.5 Å². The molecule has 2 aromatic rings. The van der Waals surface area contributed by atoms with Crippen molar-refractivity contribution in [2.45, 2.75) is 18.8 Å². The number of rotatable bonds is 5. The minimum atomic E-state index is -1.70. The van der Waals surface area contributed by atoms with Gasteiger partial charge in [-0.1, -0.05) is 18.7 Å². The van der Waals surface area contributed by atoms with E-state index in [0.717, 1.165) is 16.8 Å². The van der Waals surface area contributed by atoms with Gasteiger partial charge in [-0.25, -0.2) is 0 Å². The molecule has 0 aliphatic carbocycles. The molecule has 3 heterocycles. The van der Waals surface area contributed by atoms with Gasteiger partial charge in [-0.2, -0.15) is 0 Å². The predicted octanol–water partition coefficient (Wildman–Crippen LogP) is 0.855. The van der Waals surface area contributed by atoms with E-state index in [0.29, 0.717) is 36.8 Å². The molecule has 2 saturated heterocycles. The molecule has 2 atom stereocenters. The zero-order valence-electron chi connectivity index (χ0n) is 19.0. The average Bonchev–Trinajstić information content (AvgIpc) is 3.24. The maximum atomic E-state index is 13.2. The maximum absolute atomic E-state index is 13.2. The number of hydrogen-bond donors (Lipinski definition) is 3. The van der Waals surface area contributed by atoms with Crippen LogP contribution in [0.4, 0.5) is 17.1 Å². The van der Waals surface area contributed by atoms with Crippen LogP contribution in [0.15, 0.2) is 49.0 Å². The van der Waals surface area contributed by atoms with Crippen molar-refractivity contribution in [2.24, 2.45) is 0 Å². The Labute approximate surface area is 202 Å². The van der Waals surface area contributed by atoms with Crippen LogP contribution in [0.3, 0.4) is 0 Å². The van der Waals surface area contributed by atoms with Crippen LogP contribution >= 0.6 is 0 Å². The van der Waals surface area contributed by atoms with Gasteiger partial charge in [0.1, 0.15) is 6.61 Å². The van der Waals surface area contributed by atoms with Gasteiger partial charge in [0.25, 0.3) is 17.7 Å². The summed E-state index contributed by atoms with van der Waals surface area (Å²) in [5, 5.41) is 16.5. The largest absolute Gasteiger partial charge is 0.381 e. The smallest absolute Gasteiger partial charge is 0.259 e. The van der Waals surface area contributed by atoms with Crippen LogP contribution in [0.5, 0.6) is 0 Å². The molecule has 0 radical (unpaired) electrons. The molecule has 3 aliphatic heterocycles. The lowest BCUT2D eigenvalue weighted by molar-refractivity contribution is -0.150. The predicted molar refractivity (Wildman–Crippen MR) is 129 cm³/mol. The van der Waals surface area contributed by atoms with Crippen LogP contribution in [-0.4, -0.2) is 67.9 Å². The Morgan fingerprint density at radius 1 is 1.11 bits per heavy atom. The first-order valence-electron chi connectivity index (χ1n) is 11.4. The van der Waals surface area contributed by atoms with Crippen LogP contribution < -0.4 is 20.4 Å². The summed E-state index contributed by atoms with van der Waals surface area (Å²) in [6.45, 7) is 5.81. The minimum Gasteiger partial charge on any atom is -0.381 e. The lowest BCUT2D eigenvalue weighted by atomic mass is 10.1. The van der Waals surface area contributed by atoms with Crippen LogP contribution in [0.1, 0.15) is 11.1 Å². The van der Waals surface area contributed by atoms with Gasteiger partial charge in [-0.3, -0.25) is 14.4 Å². The van der Waals surface area contributed by atoms with Gasteiger partial charge < -0.3 is 35.0 Å². The zero-order chi connectivity index (χ0) is 24.5. The summed E-state index contributed by atoms with van der Waals surface area (Å²) in [6.07, 6.45) is -3.05. The third-order valence-electron chi connectivity index (χ3n) is 6.31. The second kappa shape index (κ2) is 9.49. The van der Waals surface area contributed by atoms with Gasteiger partial charge in [-0.05, 0) is 35.9 Å². The average molecular weight is 479 g/mol. The normalized spacial score (nSPS) is 20.9. The molecule has 3 N–H and O–H groups in total. The summed E-state index contributed by atoms with van der Waals surface area (Å²) in [4.78, 5) is 41.2. The number of carbonyl (C=O) groups excluding carboxylic acids is 3. The van der Waals surface area contributed by atoms with E-state index in [4.69, 9.17) is 9.47 Å². The van der Waals surface area contributed by atoms with E-state index in [1.54, 1.807) is 41.3 Å². The zero-order valence-corrected chi connectivity index (χ0v) is 19.0. The number of ether oxygens (including phenoxy) is 2. The van der Waals surface area contributed by atoms with E-state index in [1.165, 1.54) is 4.90 Å². The van der Waals surface area contributed by atoms with Crippen molar-refractivity contribution in [3.05, 3.63) is 60.2 Å². The highest BCUT2D eigenvalue weighted by molar-refractivity contribution is 6.04. The molecular weight excluding hydrogens is 452 g/mol. The number of amides is 3. The highest BCUT2D eigenvalue weighted by atomic mass is 16.5. The molecule has 5 rings (SSSR count). The van der Waals surface area contributed by atoms with E-state index in [-0.39, 0.29) is 25.7 Å². The molecule has 0 spiro atoms. The Bertz CT molecular complexity index is 1200. The molecular formula is C25H26N4O6. The fraction of sp³-hybridized carbons (Fsp3) is 0.320. The standard InChI is InChI=1S/C25H26N4O6/c1-15-20-6-5-17(11-16(20)13-26-15)27-24(32)22(31)23-25(33)29(8-10-35-23)19-4-2-3-18(12-19)28-7-9-34-14-21(28)30/h2-6,11-12,22-23,26,31H,1,7-10,13-14H2,(H,27,32)/t22-,23-/m1/s1. The summed E-state index contributed by atoms with van der Waals surface area (Å²) in [6, 6.07) is 12.4. The molecule has 2 aromatic carbocycles. The van der Waals surface area contributed by atoms with Crippen LogP contribution in [0.2, 0.25) is 0 Å². The van der Waals surface area contributed by atoms with Crippen molar-refractivity contribution in [3.63, 3.8) is 0 Å². The monoisotopic (exact) mass is 478 g/mol. The molecule has 10 heteroatoms. The number of hydrogen-bond acceptors (Lipinski definition) is 7. The van der Waals surface area contributed by atoms with Gasteiger partial charge in [0.2, 0.25) is 0 Å². The number of carbonyl (C=O) groups is 3. The van der Waals surface area contributed by atoms with Crippen molar-refractivity contribution in [1.82, 2.24) is 5.32 Å². The lowest BCUT2D eigenvalue weighted by Crippen LogP contribution is -2.55. The highest BCUT2D eigenvalue weighted by Gasteiger charge is 2.39. The minimum absolute atomic E-state index is 0.0135. The maximum Gasteiger partial charge on any atom is 0.259 e. The summed E-state index contributed by atoms with van der Waals surface area (Å²) < 4.78 is 10.7. The molecule has 0 bridgehead atoms. The fourth-order valence-electron chi connectivity index (χ4n) is 4.47. The Morgan fingerprint density at radius 2 is 1.89 bits per heavy atom. The number of nitrogens with one attached hydrogen (secondary N) is 2. The summed E-state index contributed by atoms with van der Waals surface area (Å²) >= 11 is 0. The topological polar surface area (TPSA) is 120 Å². The van der Waals surface area contributed by atoms with Gasteiger partial charge in [-0.15, -0.1) is 0 Å². The van der Waals surface area contributed by atoms with Crippen molar-refractivity contribution < 1.29 is 29.0 Å². The van der Waals surface area contributed by atoms with Crippen molar-refractivity contribution in [1.29, 1.82) is 0 Å². The third-order valence-corrected chi connectivity index (χ3v) is 6.31. The lowest BCUT2D eigenvalue weighted by Gasteiger charge is -2.35. The Morgan fingerprint density at radius 3 is 2.69 bits per heavy atom. The third kappa shape index (κ3) is 4.51. The Kier molecular flexibility index (Phi) is 6.25. The summed E-state index contributed by atoms with van der Waals surface area (Å²) in [7, 11) is 0. The summed E-state index contributed by atoms with van der Waals surface area (Å²) in [5.74, 6) is -1.42. The number of aliphatic hydroxyl groups is 1. The molecule has 0 saturated carbocycles. The van der Waals surface area contributed by atoms with E-state index in [1.807, 2.05) is 6.07 Å². The number of fused-ring (bicyclic) bond motifs is 1.